The number of hydrogen-bond acceptors (Lipinski definition) is 2. The van der Waals surface area contributed by atoms with Crippen LogP contribution in [0.3, 0.4) is 0 Å². The summed E-state index contributed by atoms with van der Waals surface area (Å²) in [5.74, 6) is -1.93. The van der Waals surface area contributed by atoms with Gasteiger partial charge in [0, 0.05) is 0 Å². The number of halogens is 4. The van der Waals surface area contributed by atoms with Crippen molar-refractivity contribution in [1.82, 2.24) is 0 Å². The normalized spacial score (nSPS) is 11.4. The first-order valence-electron chi connectivity index (χ1n) is 7.75. The van der Waals surface area contributed by atoms with Crippen LogP contribution in [0, 0.1) is 17.5 Å². The molecule has 3 nitrogen and oxygen atoms in total. The highest BCUT2D eigenvalue weighted by Gasteiger charge is 2.26. The topological polar surface area (TPSA) is 37.4 Å². The highest BCUT2D eigenvalue weighted by atomic mass is 35.5. The molecule has 0 saturated carbocycles. The molecule has 0 bridgehead atoms. The van der Waals surface area contributed by atoms with Crippen molar-refractivity contribution < 1.29 is 21.6 Å². The van der Waals surface area contributed by atoms with E-state index in [4.69, 9.17) is 11.6 Å². The molecule has 0 spiro atoms. The molecule has 0 aliphatic rings. The fraction of sp³-hybridized carbons (Fsp3) is 0.0526. The smallest absolute Gasteiger partial charge is 0.262 e. The molecule has 0 N–H and O–H groups in total. The lowest BCUT2D eigenvalue weighted by Crippen LogP contribution is -2.30. The number of anilines is 1. The van der Waals surface area contributed by atoms with E-state index >= 15 is 0 Å². The Kier molecular flexibility index (Phi) is 5.43. The molecule has 8 heteroatoms. The Labute approximate surface area is 159 Å². The summed E-state index contributed by atoms with van der Waals surface area (Å²) in [6.45, 7) is -0.251. The van der Waals surface area contributed by atoms with Gasteiger partial charge in [0.05, 0.1) is 22.2 Å². The van der Waals surface area contributed by atoms with Crippen molar-refractivity contribution in [2.45, 2.75) is 11.4 Å². The van der Waals surface area contributed by atoms with Gasteiger partial charge in [0.25, 0.3) is 10.0 Å². The van der Waals surface area contributed by atoms with Crippen LogP contribution < -0.4 is 4.31 Å². The van der Waals surface area contributed by atoms with Gasteiger partial charge in [-0.2, -0.15) is 0 Å². The van der Waals surface area contributed by atoms with Crippen LogP contribution >= 0.6 is 11.6 Å². The summed E-state index contributed by atoms with van der Waals surface area (Å²) in [5.41, 5.74) is 0.399. The van der Waals surface area contributed by atoms with Crippen molar-refractivity contribution in [3.05, 3.63) is 94.8 Å². The first kappa shape index (κ1) is 19.3. The number of hydrogen-bond donors (Lipinski definition) is 0. The predicted molar refractivity (Wildman–Crippen MR) is 97.6 cm³/mol. The Bertz CT molecular complexity index is 1090. The molecular formula is C19H13ClF3NO2S. The van der Waals surface area contributed by atoms with Crippen molar-refractivity contribution in [3.63, 3.8) is 0 Å². The minimum atomic E-state index is -4.23. The van der Waals surface area contributed by atoms with E-state index in [1.54, 1.807) is 6.07 Å². The Balaban J connectivity index is 2.11. The predicted octanol–water partition coefficient (Wildman–Crippen LogP) is 5.15. The maximum absolute atomic E-state index is 13.7. The zero-order valence-electron chi connectivity index (χ0n) is 13.7. The molecule has 0 fully saturated rings. The molecule has 0 radical (unpaired) electrons. The summed E-state index contributed by atoms with van der Waals surface area (Å²) in [7, 11) is -4.23. The molecule has 140 valence electrons. The molecule has 0 aliphatic heterocycles. The van der Waals surface area contributed by atoms with Gasteiger partial charge >= 0.3 is 0 Å². The third-order valence-corrected chi connectivity index (χ3v) is 5.85. The maximum atomic E-state index is 13.7. The average Bonchev–Trinajstić information content (AvgIpc) is 2.62. The molecule has 0 aliphatic carbocycles. The molecule has 0 unspecified atom stereocenters. The standard InChI is InChI=1S/C19H13ClF3NO2S/c20-18-11-17(7-8-19(18)23)27(25,26)24(16-6-2-5-15(22)10-16)12-13-3-1-4-14(21)9-13/h1-11H,12H2. The third kappa shape index (κ3) is 4.26. The van der Waals surface area contributed by atoms with Crippen LogP contribution in [0.4, 0.5) is 18.9 Å². The lowest BCUT2D eigenvalue weighted by Gasteiger charge is -2.25. The quantitative estimate of drug-likeness (QED) is 0.582. The molecule has 0 atom stereocenters. The van der Waals surface area contributed by atoms with Crippen molar-refractivity contribution in [2.75, 3.05) is 4.31 Å². The molecule has 27 heavy (non-hydrogen) atoms. The molecule has 3 aromatic rings. The number of rotatable bonds is 5. The zero-order chi connectivity index (χ0) is 19.6. The van der Waals surface area contributed by atoms with E-state index < -0.39 is 27.5 Å². The SMILES string of the molecule is O=S(=O)(c1ccc(F)c(Cl)c1)N(Cc1cccc(F)c1)c1cccc(F)c1. The highest BCUT2D eigenvalue weighted by Crippen LogP contribution is 2.28. The fourth-order valence-corrected chi connectivity index (χ4v) is 4.23. The van der Waals surface area contributed by atoms with Gasteiger partial charge in [-0.1, -0.05) is 29.8 Å². The van der Waals surface area contributed by atoms with Gasteiger partial charge in [-0.3, -0.25) is 4.31 Å². The van der Waals surface area contributed by atoms with Gasteiger partial charge in [-0.05, 0) is 54.1 Å². The minimum absolute atomic E-state index is 0.0414. The van der Waals surface area contributed by atoms with E-state index in [0.717, 1.165) is 28.6 Å². The van der Waals surface area contributed by atoms with E-state index in [1.165, 1.54) is 36.4 Å². The van der Waals surface area contributed by atoms with Crippen molar-refractivity contribution in [2.24, 2.45) is 0 Å². The molecular weight excluding hydrogens is 399 g/mol. The van der Waals surface area contributed by atoms with Crippen LogP contribution in [0.1, 0.15) is 5.56 Å². The minimum Gasteiger partial charge on any atom is -0.262 e. The van der Waals surface area contributed by atoms with Crippen LogP contribution in [0.5, 0.6) is 0 Å². The van der Waals surface area contributed by atoms with E-state index in [2.05, 4.69) is 0 Å². The Hall–Kier alpha value is -2.51. The van der Waals surface area contributed by atoms with Crippen molar-refractivity contribution >= 4 is 27.3 Å². The highest BCUT2D eigenvalue weighted by molar-refractivity contribution is 7.92. The molecule has 3 aromatic carbocycles. The average molecular weight is 412 g/mol. The first-order chi connectivity index (χ1) is 12.8. The lowest BCUT2D eigenvalue weighted by molar-refractivity contribution is 0.588. The number of sulfonamides is 1. The Morgan fingerprint density at radius 3 is 2.15 bits per heavy atom. The van der Waals surface area contributed by atoms with E-state index in [9.17, 15) is 21.6 Å². The summed E-state index contributed by atoms with van der Waals surface area (Å²) in [6.07, 6.45) is 0. The van der Waals surface area contributed by atoms with Gasteiger partial charge in [-0.15, -0.1) is 0 Å². The van der Waals surface area contributed by atoms with Crippen LogP contribution in [0.15, 0.2) is 71.6 Å². The fourth-order valence-electron chi connectivity index (χ4n) is 2.51. The van der Waals surface area contributed by atoms with Gasteiger partial charge in [0.1, 0.15) is 17.5 Å². The summed E-state index contributed by atoms with van der Waals surface area (Å²) >= 11 is 5.71. The summed E-state index contributed by atoms with van der Waals surface area (Å²) in [5, 5.41) is -0.360. The van der Waals surface area contributed by atoms with Gasteiger partial charge in [0.2, 0.25) is 0 Å². The largest absolute Gasteiger partial charge is 0.264 e. The molecule has 0 heterocycles. The summed E-state index contributed by atoms with van der Waals surface area (Å²) in [6, 6.07) is 13.3. The first-order valence-corrected chi connectivity index (χ1v) is 9.57. The molecule has 0 saturated heterocycles. The van der Waals surface area contributed by atoms with Gasteiger partial charge in [0.15, 0.2) is 0 Å². The Morgan fingerprint density at radius 1 is 0.852 bits per heavy atom. The van der Waals surface area contributed by atoms with Crippen LogP contribution in [0.2, 0.25) is 5.02 Å². The lowest BCUT2D eigenvalue weighted by atomic mass is 10.2. The van der Waals surface area contributed by atoms with Crippen LogP contribution in [-0.4, -0.2) is 8.42 Å². The van der Waals surface area contributed by atoms with Crippen LogP contribution in [0.25, 0.3) is 0 Å². The van der Waals surface area contributed by atoms with E-state index in [-0.39, 0.29) is 22.2 Å². The molecule has 0 aromatic heterocycles. The summed E-state index contributed by atoms with van der Waals surface area (Å²) in [4.78, 5) is -0.269. The second-order valence-electron chi connectivity index (χ2n) is 5.70. The number of benzene rings is 3. The second-order valence-corrected chi connectivity index (χ2v) is 7.97. The molecule has 3 rings (SSSR count). The zero-order valence-corrected chi connectivity index (χ0v) is 15.3. The van der Waals surface area contributed by atoms with Gasteiger partial charge < -0.3 is 0 Å². The van der Waals surface area contributed by atoms with Crippen LogP contribution in [-0.2, 0) is 16.6 Å². The Morgan fingerprint density at radius 2 is 1.52 bits per heavy atom. The summed E-state index contributed by atoms with van der Waals surface area (Å²) < 4.78 is 67.8. The third-order valence-electron chi connectivity index (χ3n) is 3.79. The van der Waals surface area contributed by atoms with Crippen molar-refractivity contribution in [3.8, 4) is 0 Å². The maximum Gasteiger partial charge on any atom is 0.264 e. The number of nitrogens with zero attached hydrogens (tertiary/aromatic N) is 1. The van der Waals surface area contributed by atoms with E-state index in [1.807, 2.05) is 0 Å². The molecule has 0 amide bonds. The van der Waals surface area contributed by atoms with Crippen molar-refractivity contribution in [1.29, 1.82) is 0 Å². The van der Waals surface area contributed by atoms with E-state index in [0.29, 0.717) is 5.56 Å². The monoisotopic (exact) mass is 411 g/mol. The second kappa shape index (κ2) is 7.62. The van der Waals surface area contributed by atoms with Gasteiger partial charge in [-0.25, -0.2) is 21.6 Å².